The highest BCUT2D eigenvalue weighted by molar-refractivity contribution is 5.91. The molecule has 1 heterocycles. The molecule has 1 aromatic heterocycles. The maximum absolute atomic E-state index is 10.8. The Hall–Kier alpha value is -1.84. The minimum Gasteiger partial charge on any atom is -0.501 e. The fraction of sp³-hybridized carbons (Fsp3) is 0.200. The zero-order valence-corrected chi connectivity index (χ0v) is 7.80. The van der Waals surface area contributed by atoms with E-state index in [1.54, 1.807) is 6.08 Å². The molecule has 74 valence electrons. The normalized spacial score (nSPS) is 10.4. The van der Waals surface area contributed by atoms with Crippen LogP contribution >= 0.6 is 0 Å². The van der Waals surface area contributed by atoms with Crippen LogP contribution in [-0.4, -0.2) is 22.7 Å². The molecule has 0 bridgehead atoms. The van der Waals surface area contributed by atoms with Crippen molar-refractivity contribution < 1.29 is 14.6 Å². The first-order chi connectivity index (χ1) is 6.75. The van der Waals surface area contributed by atoms with Gasteiger partial charge >= 0.3 is 5.97 Å². The van der Waals surface area contributed by atoms with Gasteiger partial charge in [0.05, 0.1) is 18.4 Å². The van der Waals surface area contributed by atoms with Gasteiger partial charge in [0.1, 0.15) is 0 Å². The van der Waals surface area contributed by atoms with Gasteiger partial charge in [-0.3, -0.25) is 4.98 Å². The summed E-state index contributed by atoms with van der Waals surface area (Å²) in [6.45, 7) is 2.41. The van der Waals surface area contributed by atoms with Crippen LogP contribution in [0.1, 0.15) is 22.8 Å². The van der Waals surface area contributed by atoms with Crippen LogP contribution in [-0.2, 0) is 4.74 Å². The number of hydrogen-bond acceptors (Lipinski definition) is 3. The quantitative estimate of drug-likeness (QED) is 0.740. The summed E-state index contributed by atoms with van der Waals surface area (Å²) in [4.78, 5) is 14.6. The van der Waals surface area contributed by atoms with Gasteiger partial charge in [-0.1, -0.05) is 0 Å². The van der Waals surface area contributed by atoms with Crippen molar-refractivity contribution in [2.45, 2.75) is 6.92 Å². The summed E-state index contributed by atoms with van der Waals surface area (Å²) in [7, 11) is 0. The third-order valence-corrected chi connectivity index (χ3v) is 1.59. The van der Waals surface area contributed by atoms with E-state index in [0.717, 1.165) is 0 Å². The maximum Gasteiger partial charge on any atom is 0.336 e. The lowest BCUT2D eigenvalue weighted by molar-refractivity contribution is 0.0696. The number of carboxylic acids is 1. The van der Waals surface area contributed by atoms with Crippen molar-refractivity contribution in [2.24, 2.45) is 0 Å². The first kappa shape index (κ1) is 10.2. The zero-order chi connectivity index (χ0) is 10.4. The molecule has 0 fully saturated rings. The number of nitrogens with zero attached hydrogens (tertiary/aromatic N) is 1. The van der Waals surface area contributed by atoms with Crippen LogP contribution in [0, 0.1) is 0 Å². The molecular formula is C10H11NO3. The number of pyridine rings is 1. The molecule has 1 aromatic rings. The molecule has 14 heavy (non-hydrogen) atoms. The number of hydrogen-bond donors (Lipinski definition) is 1. The minimum atomic E-state index is -0.969. The van der Waals surface area contributed by atoms with Crippen molar-refractivity contribution in [1.82, 2.24) is 4.98 Å². The van der Waals surface area contributed by atoms with Crippen molar-refractivity contribution in [3.8, 4) is 0 Å². The van der Waals surface area contributed by atoms with Crippen LogP contribution in [0.5, 0.6) is 0 Å². The molecule has 0 saturated heterocycles. The first-order valence-electron chi connectivity index (χ1n) is 4.21. The molecule has 0 aliphatic carbocycles. The van der Waals surface area contributed by atoms with Crippen molar-refractivity contribution in [1.29, 1.82) is 0 Å². The molecule has 0 saturated carbocycles. The van der Waals surface area contributed by atoms with Gasteiger partial charge in [0.25, 0.3) is 0 Å². The van der Waals surface area contributed by atoms with Gasteiger partial charge in [-0.05, 0) is 19.1 Å². The molecule has 0 unspecified atom stereocenters. The van der Waals surface area contributed by atoms with Gasteiger partial charge in [0.15, 0.2) is 0 Å². The number of ether oxygens (including phenoxy) is 1. The average Bonchev–Trinajstić information content (AvgIpc) is 2.19. The topological polar surface area (TPSA) is 59.4 Å². The minimum absolute atomic E-state index is 0.218. The molecule has 1 N–H and O–H groups in total. The summed E-state index contributed by atoms with van der Waals surface area (Å²) in [5.74, 6) is -0.969. The van der Waals surface area contributed by atoms with E-state index in [2.05, 4.69) is 4.98 Å². The lowest BCUT2D eigenvalue weighted by Gasteiger charge is -1.99. The smallest absolute Gasteiger partial charge is 0.336 e. The number of carboxylic acid groups (broad SMARTS) is 1. The van der Waals surface area contributed by atoms with Crippen LogP contribution in [0.2, 0.25) is 0 Å². The van der Waals surface area contributed by atoms with Crippen molar-refractivity contribution >= 4 is 12.0 Å². The monoisotopic (exact) mass is 193 g/mol. The number of aromatic nitrogens is 1. The van der Waals surface area contributed by atoms with Crippen LogP contribution in [0.4, 0.5) is 0 Å². The van der Waals surface area contributed by atoms with Crippen molar-refractivity contribution in [2.75, 3.05) is 6.61 Å². The Bertz CT molecular complexity index is 347. The van der Waals surface area contributed by atoms with Crippen LogP contribution in [0.15, 0.2) is 24.7 Å². The molecule has 0 aliphatic heterocycles. The van der Waals surface area contributed by atoms with Gasteiger partial charge in [-0.25, -0.2) is 4.79 Å². The molecular weight excluding hydrogens is 182 g/mol. The maximum atomic E-state index is 10.8. The highest BCUT2D eigenvalue weighted by Crippen LogP contribution is 2.08. The van der Waals surface area contributed by atoms with Crippen molar-refractivity contribution in [3.63, 3.8) is 0 Å². The number of aromatic carboxylic acids is 1. The zero-order valence-electron chi connectivity index (χ0n) is 7.80. The van der Waals surface area contributed by atoms with Gasteiger partial charge in [-0.15, -0.1) is 0 Å². The van der Waals surface area contributed by atoms with Gasteiger partial charge in [0.2, 0.25) is 0 Å². The Balaban J connectivity index is 2.90. The first-order valence-corrected chi connectivity index (χ1v) is 4.21. The highest BCUT2D eigenvalue weighted by atomic mass is 16.5. The van der Waals surface area contributed by atoms with E-state index in [-0.39, 0.29) is 5.56 Å². The van der Waals surface area contributed by atoms with Crippen LogP contribution in [0.25, 0.3) is 6.08 Å². The number of rotatable bonds is 4. The van der Waals surface area contributed by atoms with Crippen LogP contribution in [0.3, 0.4) is 0 Å². The van der Waals surface area contributed by atoms with E-state index < -0.39 is 5.97 Å². The SMILES string of the molecule is CCO/C=C/c1cnccc1C(=O)O. The summed E-state index contributed by atoms with van der Waals surface area (Å²) in [5, 5.41) is 8.82. The second kappa shape index (κ2) is 5.01. The predicted octanol–water partition coefficient (Wildman–Crippen LogP) is 1.79. The Labute approximate surface area is 81.9 Å². The highest BCUT2D eigenvalue weighted by Gasteiger charge is 2.06. The molecule has 1 rings (SSSR count). The Morgan fingerprint density at radius 2 is 2.50 bits per heavy atom. The van der Waals surface area contributed by atoms with E-state index in [1.165, 1.54) is 24.7 Å². The molecule has 0 radical (unpaired) electrons. The summed E-state index contributed by atoms with van der Waals surface area (Å²) >= 11 is 0. The van der Waals surface area contributed by atoms with Gasteiger partial charge in [0, 0.05) is 18.0 Å². The summed E-state index contributed by atoms with van der Waals surface area (Å²) in [6.07, 6.45) is 5.98. The van der Waals surface area contributed by atoms with E-state index >= 15 is 0 Å². The van der Waals surface area contributed by atoms with Gasteiger partial charge < -0.3 is 9.84 Å². The summed E-state index contributed by atoms with van der Waals surface area (Å²) in [5.41, 5.74) is 0.754. The third kappa shape index (κ3) is 2.58. The van der Waals surface area contributed by atoms with E-state index in [4.69, 9.17) is 9.84 Å². The molecule has 0 amide bonds. The van der Waals surface area contributed by atoms with Gasteiger partial charge in [-0.2, -0.15) is 0 Å². The Morgan fingerprint density at radius 3 is 3.14 bits per heavy atom. The summed E-state index contributed by atoms with van der Waals surface area (Å²) in [6, 6.07) is 1.45. The molecule has 0 aliphatic rings. The van der Waals surface area contributed by atoms with E-state index in [9.17, 15) is 4.79 Å². The third-order valence-electron chi connectivity index (χ3n) is 1.59. The fourth-order valence-corrected chi connectivity index (χ4v) is 0.952. The Kier molecular flexibility index (Phi) is 3.67. The van der Waals surface area contributed by atoms with E-state index in [1.807, 2.05) is 6.92 Å². The lowest BCUT2D eigenvalue weighted by Crippen LogP contribution is -1.99. The van der Waals surface area contributed by atoms with Crippen molar-refractivity contribution in [3.05, 3.63) is 35.8 Å². The molecule has 0 atom stereocenters. The predicted molar refractivity (Wildman–Crippen MR) is 51.9 cm³/mol. The average molecular weight is 193 g/mol. The molecule has 0 aromatic carbocycles. The Morgan fingerprint density at radius 1 is 1.71 bits per heavy atom. The number of carbonyl (C=O) groups is 1. The fourth-order valence-electron chi connectivity index (χ4n) is 0.952. The molecule has 4 nitrogen and oxygen atoms in total. The molecule has 0 spiro atoms. The summed E-state index contributed by atoms with van der Waals surface area (Å²) < 4.78 is 4.97. The lowest BCUT2D eigenvalue weighted by atomic mass is 10.1. The largest absolute Gasteiger partial charge is 0.501 e. The standard InChI is InChI=1S/C10H11NO3/c1-2-14-6-4-8-7-11-5-3-9(8)10(12)13/h3-7H,2H2,1H3,(H,12,13)/b6-4+. The second-order valence-electron chi connectivity index (χ2n) is 2.53. The van der Waals surface area contributed by atoms with Crippen LogP contribution < -0.4 is 0 Å². The van der Waals surface area contributed by atoms with E-state index in [0.29, 0.717) is 12.2 Å². The second-order valence-corrected chi connectivity index (χ2v) is 2.53. The molecule has 4 heteroatoms.